The van der Waals surface area contributed by atoms with E-state index in [0.29, 0.717) is 0 Å². The fourth-order valence-corrected chi connectivity index (χ4v) is 1.77. The van der Waals surface area contributed by atoms with Gasteiger partial charge < -0.3 is 9.17 Å². The van der Waals surface area contributed by atoms with Crippen molar-refractivity contribution in [1.82, 2.24) is 0 Å². The molecule has 0 N–H and O–H groups in total. The zero-order valence-electron chi connectivity index (χ0n) is 9.63. The van der Waals surface area contributed by atoms with E-state index < -0.39 is 32.4 Å². The molecule has 0 amide bonds. The highest BCUT2D eigenvalue weighted by atomic mass is 32.2. The number of halogens is 4. The quantitative estimate of drug-likeness (QED) is 0.482. The van der Waals surface area contributed by atoms with Crippen LogP contribution in [-0.4, -0.2) is 18.1 Å². The molecule has 0 radical (unpaired) electrons. The Bertz CT molecular complexity index is 556. The predicted octanol–water partition coefficient (Wildman–Crippen LogP) is 2.81. The van der Waals surface area contributed by atoms with Crippen molar-refractivity contribution in [3.8, 4) is 0 Å². The fraction of sp³-hybridized carbons (Fsp3) is 0.111. The number of sulfonamides is 1. The summed E-state index contributed by atoms with van der Waals surface area (Å²) < 4.78 is 83.7. The fourth-order valence-electron chi connectivity index (χ4n) is 0.699. The van der Waals surface area contributed by atoms with Crippen LogP contribution < -0.4 is 0 Å². The van der Waals surface area contributed by atoms with Crippen molar-refractivity contribution in [3.63, 3.8) is 0 Å². The summed E-state index contributed by atoms with van der Waals surface area (Å²) in [5.74, 6) is -0.671. The number of alkyl halides is 3. The van der Waals surface area contributed by atoms with Crippen molar-refractivity contribution in [2.75, 3.05) is 0 Å². The maximum atomic E-state index is 12.5. The highest BCUT2D eigenvalue weighted by Gasteiger charge is 2.39. The lowest BCUT2D eigenvalue weighted by molar-refractivity contribution is -0.0434. The summed E-state index contributed by atoms with van der Waals surface area (Å²) in [6.45, 7) is 6.00. The lowest BCUT2D eigenvalue weighted by atomic mass is 10.4. The summed E-state index contributed by atoms with van der Waals surface area (Å²) in [6, 6.07) is 3.63. The van der Waals surface area contributed by atoms with E-state index in [1.54, 1.807) is 0 Å². The van der Waals surface area contributed by atoms with Gasteiger partial charge in [0, 0.05) is 0 Å². The first-order chi connectivity index (χ1) is 9.13. The van der Waals surface area contributed by atoms with Gasteiger partial charge in [-0.25, -0.2) is 17.0 Å². The van der Waals surface area contributed by atoms with Crippen LogP contribution >= 0.6 is 0 Å². The third-order valence-corrected chi connectivity index (χ3v) is 3.31. The molecule has 0 spiro atoms. The first kappa shape index (κ1) is 18.7. The van der Waals surface area contributed by atoms with Crippen LogP contribution in [0, 0.1) is 5.82 Å². The maximum Gasteiger partial charge on any atom is 0.481 e. The molecular weight excluding hydrogens is 326 g/mol. The minimum absolute atomic E-state index is 0.238. The Morgan fingerprint density at radius 1 is 1.15 bits per heavy atom. The van der Waals surface area contributed by atoms with Crippen LogP contribution in [0.25, 0.3) is 4.89 Å². The van der Waals surface area contributed by atoms with E-state index in [-0.39, 0.29) is 4.90 Å². The smallest absolute Gasteiger partial charge is 0.398 e. The molecule has 0 aliphatic rings. The largest absolute Gasteiger partial charge is 0.481 e. The third-order valence-electron chi connectivity index (χ3n) is 1.49. The molecule has 0 aromatic heterocycles. The standard InChI is InChI=1S/C7H4F4NO4S2.C2H4/c8-5-1-3-6(4-2-5)17(13)16-12-18(14,15)7(9,10)11;1-2/h1-4H;1-2H2/q-1;. The SMILES string of the molecule is C=C.O=S(O[N-]S(=O)(=O)C(F)(F)F)c1ccc(F)cc1. The van der Waals surface area contributed by atoms with E-state index in [1.807, 2.05) is 4.89 Å². The topological polar surface area (TPSA) is 74.5 Å². The highest BCUT2D eigenvalue weighted by molar-refractivity contribution is 7.95. The second kappa shape index (κ2) is 7.47. The van der Waals surface area contributed by atoms with Crippen LogP contribution in [0.3, 0.4) is 0 Å². The molecule has 20 heavy (non-hydrogen) atoms. The second-order valence-electron chi connectivity index (χ2n) is 2.76. The van der Waals surface area contributed by atoms with Crippen molar-refractivity contribution in [2.45, 2.75) is 10.4 Å². The molecule has 1 rings (SSSR count). The van der Waals surface area contributed by atoms with Gasteiger partial charge in [-0.15, -0.1) is 13.2 Å². The summed E-state index contributed by atoms with van der Waals surface area (Å²) in [7, 11) is -5.87. The molecule has 1 aromatic rings. The zero-order chi connectivity index (χ0) is 16.0. The molecule has 0 heterocycles. The van der Waals surface area contributed by atoms with Crippen LogP contribution in [0.2, 0.25) is 0 Å². The molecule has 1 atom stereocenters. The third kappa shape index (κ3) is 5.36. The van der Waals surface area contributed by atoms with Crippen LogP contribution in [0.5, 0.6) is 0 Å². The number of benzene rings is 1. The minimum Gasteiger partial charge on any atom is -0.398 e. The summed E-state index contributed by atoms with van der Waals surface area (Å²) in [6.07, 6.45) is 0. The lowest BCUT2D eigenvalue weighted by Crippen LogP contribution is -2.22. The average molecular weight is 334 g/mol. The lowest BCUT2D eigenvalue weighted by Gasteiger charge is -2.21. The Hall–Kier alpha value is -1.30. The molecule has 5 nitrogen and oxygen atoms in total. The van der Waals surface area contributed by atoms with E-state index in [9.17, 15) is 30.2 Å². The molecular formula is C9H8F4NO4S2-. The molecule has 0 bridgehead atoms. The van der Waals surface area contributed by atoms with Gasteiger partial charge in [0.25, 0.3) is 0 Å². The molecule has 0 fully saturated rings. The van der Waals surface area contributed by atoms with Gasteiger partial charge in [-0.05, 0) is 24.3 Å². The second-order valence-corrected chi connectivity index (χ2v) is 5.41. The van der Waals surface area contributed by atoms with Gasteiger partial charge in [-0.1, -0.05) is 0 Å². The van der Waals surface area contributed by atoms with Gasteiger partial charge in [0.15, 0.2) is 21.1 Å². The molecule has 0 saturated carbocycles. The first-order valence-corrected chi connectivity index (χ1v) is 7.03. The van der Waals surface area contributed by atoms with Crippen LogP contribution in [-0.2, 0) is 25.4 Å². The summed E-state index contributed by atoms with van der Waals surface area (Å²) in [5.41, 5.74) is -5.64. The van der Waals surface area contributed by atoms with Crippen LogP contribution in [0.1, 0.15) is 0 Å². The van der Waals surface area contributed by atoms with E-state index >= 15 is 0 Å². The van der Waals surface area contributed by atoms with E-state index in [1.165, 1.54) is 0 Å². The molecule has 1 aromatic carbocycles. The van der Waals surface area contributed by atoms with Gasteiger partial charge in [-0.2, -0.15) is 13.2 Å². The molecule has 1 unspecified atom stereocenters. The normalized spacial score (nSPS) is 13.2. The van der Waals surface area contributed by atoms with Gasteiger partial charge in [0.05, 0.1) is 4.90 Å². The van der Waals surface area contributed by atoms with Gasteiger partial charge in [-0.3, -0.25) is 0 Å². The van der Waals surface area contributed by atoms with Crippen molar-refractivity contribution in [3.05, 3.63) is 48.1 Å². The zero-order valence-corrected chi connectivity index (χ0v) is 11.3. The number of rotatable bonds is 4. The van der Waals surface area contributed by atoms with Crippen molar-refractivity contribution < 1.29 is 34.5 Å². The summed E-state index contributed by atoms with van der Waals surface area (Å²) in [5, 5.41) is 0. The van der Waals surface area contributed by atoms with E-state index in [4.69, 9.17) is 0 Å². The Morgan fingerprint density at radius 3 is 2.00 bits per heavy atom. The Morgan fingerprint density at radius 2 is 1.60 bits per heavy atom. The molecule has 0 saturated heterocycles. The number of hydrogen-bond acceptors (Lipinski definition) is 4. The Balaban J connectivity index is 0.00000172. The van der Waals surface area contributed by atoms with Crippen molar-refractivity contribution in [2.24, 2.45) is 0 Å². The molecule has 114 valence electrons. The Labute approximate surface area is 114 Å². The maximum absolute atomic E-state index is 12.5. The predicted molar refractivity (Wildman–Crippen MR) is 63.5 cm³/mol. The molecule has 0 aliphatic heterocycles. The molecule has 11 heteroatoms. The van der Waals surface area contributed by atoms with Gasteiger partial charge in [0.1, 0.15) is 5.82 Å². The van der Waals surface area contributed by atoms with Crippen LogP contribution in [0.4, 0.5) is 17.6 Å². The average Bonchev–Trinajstić information content (AvgIpc) is 2.38. The van der Waals surface area contributed by atoms with Crippen LogP contribution in [0.15, 0.2) is 42.3 Å². The monoisotopic (exact) mass is 334 g/mol. The number of nitrogens with zero attached hydrogens (tertiary/aromatic N) is 1. The van der Waals surface area contributed by atoms with Crippen molar-refractivity contribution in [1.29, 1.82) is 0 Å². The summed E-state index contributed by atoms with van der Waals surface area (Å²) in [4.78, 5) is 1.64. The van der Waals surface area contributed by atoms with Gasteiger partial charge in [0.2, 0.25) is 0 Å². The van der Waals surface area contributed by atoms with E-state index in [0.717, 1.165) is 24.3 Å². The van der Waals surface area contributed by atoms with Gasteiger partial charge >= 0.3 is 5.51 Å². The van der Waals surface area contributed by atoms with E-state index in [2.05, 4.69) is 17.4 Å². The first-order valence-electron chi connectivity index (χ1n) is 4.52. The Kier molecular flexibility index (Phi) is 6.99. The molecule has 0 aliphatic carbocycles. The highest BCUT2D eigenvalue weighted by Crippen LogP contribution is 2.28. The van der Waals surface area contributed by atoms with Crippen molar-refractivity contribution >= 4 is 21.1 Å². The number of hydrogen-bond donors (Lipinski definition) is 0. The minimum atomic E-state index is -5.87. The summed E-state index contributed by atoms with van der Waals surface area (Å²) >= 11 is -2.59.